The maximum absolute atomic E-state index is 11.2. The molecule has 0 atom stereocenters. The molecule has 4 nitrogen and oxygen atoms in total. The fraction of sp³-hybridized carbons (Fsp3) is 0. The van der Waals surface area contributed by atoms with Crippen LogP contribution in [0.2, 0.25) is 0 Å². The average Bonchev–Trinajstić information content (AvgIpc) is 2.23. The lowest BCUT2D eigenvalue weighted by atomic mass is 10.2. The summed E-state index contributed by atoms with van der Waals surface area (Å²) >= 11 is 0. The van der Waals surface area contributed by atoms with E-state index >= 15 is 0 Å². The number of aromatic nitrogens is 2. The molecular formula is C10H9N3O. The lowest BCUT2D eigenvalue weighted by Crippen LogP contribution is -2.13. The van der Waals surface area contributed by atoms with E-state index in [1.54, 1.807) is 6.20 Å². The van der Waals surface area contributed by atoms with Crippen molar-refractivity contribution in [3.05, 3.63) is 46.9 Å². The summed E-state index contributed by atoms with van der Waals surface area (Å²) in [6.45, 7) is 0. The Bertz CT molecular complexity index is 490. The molecule has 2 aromatic rings. The molecule has 0 fully saturated rings. The van der Waals surface area contributed by atoms with Gasteiger partial charge in [0.15, 0.2) is 5.82 Å². The zero-order valence-electron chi connectivity index (χ0n) is 7.40. The van der Waals surface area contributed by atoms with Gasteiger partial charge in [-0.1, -0.05) is 30.3 Å². The number of hydrogen-bond donors (Lipinski definition) is 2. The van der Waals surface area contributed by atoms with Gasteiger partial charge in [0, 0.05) is 0 Å². The second-order valence-corrected chi connectivity index (χ2v) is 2.88. The van der Waals surface area contributed by atoms with Gasteiger partial charge in [-0.2, -0.15) is 0 Å². The van der Waals surface area contributed by atoms with Crippen LogP contribution >= 0.6 is 0 Å². The number of rotatable bonds is 1. The molecule has 0 saturated heterocycles. The third kappa shape index (κ3) is 1.50. The van der Waals surface area contributed by atoms with Crippen molar-refractivity contribution in [3.8, 4) is 11.3 Å². The SMILES string of the molecule is Nc1ncc(-c2ccccc2)[nH]c1=O. The predicted octanol–water partition coefficient (Wildman–Crippen LogP) is 1.02. The highest BCUT2D eigenvalue weighted by Gasteiger charge is 1.99. The first-order chi connectivity index (χ1) is 6.77. The first-order valence-electron chi connectivity index (χ1n) is 4.17. The largest absolute Gasteiger partial charge is 0.379 e. The molecule has 3 N–H and O–H groups in total. The first kappa shape index (κ1) is 8.50. The standard InChI is InChI=1S/C10H9N3O/c11-9-10(14)13-8(6-12-9)7-4-2-1-3-5-7/h1-6H,(H2,11,12)(H,13,14). The number of H-pyrrole nitrogens is 1. The fourth-order valence-electron chi connectivity index (χ4n) is 1.18. The molecule has 0 spiro atoms. The maximum Gasteiger partial charge on any atom is 0.290 e. The Kier molecular flexibility index (Phi) is 2.02. The number of nitrogen functional groups attached to an aromatic ring is 1. The van der Waals surface area contributed by atoms with E-state index in [1.165, 1.54) is 0 Å². The molecule has 0 saturated carbocycles. The van der Waals surface area contributed by atoms with E-state index < -0.39 is 0 Å². The summed E-state index contributed by atoms with van der Waals surface area (Å²) in [7, 11) is 0. The molecule has 0 aliphatic heterocycles. The van der Waals surface area contributed by atoms with Gasteiger partial charge >= 0.3 is 0 Å². The molecule has 0 bridgehead atoms. The summed E-state index contributed by atoms with van der Waals surface area (Å²) in [5.74, 6) is -0.00955. The summed E-state index contributed by atoms with van der Waals surface area (Å²) in [5.41, 5.74) is 6.54. The maximum atomic E-state index is 11.2. The monoisotopic (exact) mass is 187 g/mol. The molecule has 0 amide bonds. The molecule has 4 heteroatoms. The summed E-state index contributed by atoms with van der Waals surface area (Å²) in [5, 5.41) is 0. The Labute approximate surface area is 80.4 Å². The quantitative estimate of drug-likeness (QED) is 0.700. The molecule has 1 aromatic carbocycles. The number of nitrogens with one attached hydrogen (secondary N) is 1. The first-order valence-corrected chi connectivity index (χ1v) is 4.17. The minimum atomic E-state index is -0.355. The summed E-state index contributed by atoms with van der Waals surface area (Å²) < 4.78 is 0. The van der Waals surface area contributed by atoms with Crippen molar-refractivity contribution in [3.63, 3.8) is 0 Å². The Morgan fingerprint density at radius 1 is 1.21 bits per heavy atom. The lowest BCUT2D eigenvalue weighted by Gasteiger charge is -2.00. The van der Waals surface area contributed by atoms with Crippen molar-refractivity contribution in [2.24, 2.45) is 0 Å². The van der Waals surface area contributed by atoms with Crippen molar-refractivity contribution in [1.82, 2.24) is 9.97 Å². The summed E-state index contributed by atoms with van der Waals surface area (Å²) in [6.07, 6.45) is 1.55. The molecular weight excluding hydrogens is 178 g/mol. The van der Waals surface area contributed by atoms with Gasteiger partial charge in [-0.05, 0) is 5.56 Å². The minimum Gasteiger partial charge on any atom is -0.379 e. The van der Waals surface area contributed by atoms with Crippen molar-refractivity contribution < 1.29 is 0 Å². The van der Waals surface area contributed by atoms with Crippen molar-refractivity contribution in [2.75, 3.05) is 5.73 Å². The number of hydrogen-bond acceptors (Lipinski definition) is 3. The van der Waals surface area contributed by atoms with Crippen LogP contribution in [0, 0.1) is 0 Å². The number of benzene rings is 1. The van der Waals surface area contributed by atoms with Crippen LogP contribution in [0.5, 0.6) is 0 Å². The third-order valence-corrected chi connectivity index (χ3v) is 1.90. The highest BCUT2D eigenvalue weighted by Crippen LogP contribution is 2.13. The Balaban J connectivity index is 2.54. The lowest BCUT2D eigenvalue weighted by molar-refractivity contribution is 1.16. The molecule has 0 unspecified atom stereocenters. The van der Waals surface area contributed by atoms with Gasteiger partial charge in [-0.15, -0.1) is 0 Å². The molecule has 1 aromatic heterocycles. The Hall–Kier alpha value is -2.10. The van der Waals surface area contributed by atoms with Crippen LogP contribution in [0.15, 0.2) is 41.3 Å². The third-order valence-electron chi connectivity index (χ3n) is 1.90. The van der Waals surface area contributed by atoms with E-state index in [4.69, 9.17) is 5.73 Å². The zero-order chi connectivity index (χ0) is 9.97. The number of aromatic amines is 1. The molecule has 2 rings (SSSR count). The Morgan fingerprint density at radius 3 is 2.57 bits per heavy atom. The minimum absolute atomic E-state index is 0.00955. The smallest absolute Gasteiger partial charge is 0.290 e. The molecule has 70 valence electrons. The van der Waals surface area contributed by atoms with Crippen LogP contribution in [0.3, 0.4) is 0 Å². The van der Waals surface area contributed by atoms with E-state index in [2.05, 4.69) is 9.97 Å². The summed E-state index contributed by atoms with van der Waals surface area (Å²) in [4.78, 5) is 17.6. The second-order valence-electron chi connectivity index (χ2n) is 2.88. The number of nitrogens with two attached hydrogens (primary N) is 1. The molecule has 0 aliphatic carbocycles. The van der Waals surface area contributed by atoms with E-state index in [0.29, 0.717) is 5.69 Å². The van der Waals surface area contributed by atoms with E-state index in [9.17, 15) is 4.79 Å². The highest BCUT2D eigenvalue weighted by molar-refractivity contribution is 5.58. The van der Waals surface area contributed by atoms with Crippen LogP contribution in [-0.4, -0.2) is 9.97 Å². The molecule has 0 radical (unpaired) electrons. The molecule has 1 heterocycles. The fourth-order valence-corrected chi connectivity index (χ4v) is 1.18. The van der Waals surface area contributed by atoms with Crippen molar-refractivity contribution >= 4 is 5.82 Å². The van der Waals surface area contributed by atoms with Crippen LogP contribution in [0.4, 0.5) is 5.82 Å². The van der Waals surface area contributed by atoms with Gasteiger partial charge in [0.1, 0.15) is 0 Å². The average molecular weight is 187 g/mol. The van der Waals surface area contributed by atoms with Crippen molar-refractivity contribution in [2.45, 2.75) is 0 Å². The van der Waals surface area contributed by atoms with Crippen LogP contribution in [0.1, 0.15) is 0 Å². The number of anilines is 1. The second kappa shape index (κ2) is 3.33. The molecule has 14 heavy (non-hydrogen) atoms. The van der Waals surface area contributed by atoms with E-state index in [-0.39, 0.29) is 11.4 Å². The van der Waals surface area contributed by atoms with E-state index in [0.717, 1.165) is 5.56 Å². The van der Waals surface area contributed by atoms with Crippen LogP contribution < -0.4 is 11.3 Å². The molecule has 0 aliphatic rings. The van der Waals surface area contributed by atoms with Crippen molar-refractivity contribution in [1.29, 1.82) is 0 Å². The van der Waals surface area contributed by atoms with Crippen LogP contribution in [0.25, 0.3) is 11.3 Å². The van der Waals surface area contributed by atoms with Gasteiger partial charge in [0.25, 0.3) is 5.56 Å². The topological polar surface area (TPSA) is 71.8 Å². The van der Waals surface area contributed by atoms with Gasteiger partial charge in [-0.25, -0.2) is 4.98 Å². The van der Waals surface area contributed by atoms with Gasteiger partial charge in [0.2, 0.25) is 0 Å². The van der Waals surface area contributed by atoms with Gasteiger partial charge < -0.3 is 10.7 Å². The highest BCUT2D eigenvalue weighted by atomic mass is 16.1. The zero-order valence-corrected chi connectivity index (χ0v) is 7.40. The normalized spacial score (nSPS) is 10.0. The van der Waals surface area contributed by atoms with Crippen LogP contribution in [-0.2, 0) is 0 Å². The van der Waals surface area contributed by atoms with E-state index in [1.807, 2.05) is 30.3 Å². The number of nitrogens with zero attached hydrogens (tertiary/aromatic N) is 1. The Morgan fingerprint density at radius 2 is 1.93 bits per heavy atom. The van der Waals surface area contributed by atoms with Gasteiger partial charge in [-0.3, -0.25) is 4.79 Å². The van der Waals surface area contributed by atoms with Gasteiger partial charge in [0.05, 0.1) is 11.9 Å². The summed E-state index contributed by atoms with van der Waals surface area (Å²) in [6, 6.07) is 9.48. The predicted molar refractivity (Wildman–Crippen MR) is 54.7 cm³/mol.